The Labute approximate surface area is 141 Å². The van der Waals surface area contributed by atoms with Crippen molar-refractivity contribution in [3.63, 3.8) is 0 Å². The van der Waals surface area contributed by atoms with E-state index in [-0.39, 0.29) is 5.56 Å². The molecule has 0 saturated carbocycles. The number of pyridine rings is 1. The molecule has 0 aliphatic carbocycles. The van der Waals surface area contributed by atoms with Gasteiger partial charge in [-0.25, -0.2) is 0 Å². The highest BCUT2D eigenvalue weighted by atomic mass is 16.5. The van der Waals surface area contributed by atoms with Gasteiger partial charge in [-0.1, -0.05) is 30.3 Å². The molecule has 1 fully saturated rings. The predicted octanol–water partition coefficient (Wildman–Crippen LogP) is 3.29. The van der Waals surface area contributed by atoms with Gasteiger partial charge >= 0.3 is 0 Å². The number of hydrogen-bond acceptors (Lipinski definition) is 3. The summed E-state index contributed by atoms with van der Waals surface area (Å²) in [6.45, 7) is 6.83. The third kappa shape index (κ3) is 2.62. The summed E-state index contributed by atoms with van der Waals surface area (Å²) in [4.78, 5) is 17.8. The number of ether oxygens (including phenoxy) is 1. The first kappa shape index (κ1) is 15.4. The predicted molar refractivity (Wildman–Crippen MR) is 97.4 cm³/mol. The molecule has 1 aliphatic rings. The molecule has 1 aliphatic heterocycles. The first-order valence-corrected chi connectivity index (χ1v) is 8.50. The summed E-state index contributed by atoms with van der Waals surface area (Å²) in [6.07, 6.45) is 0. The number of benzene rings is 2. The lowest BCUT2D eigenvalue weighted by Gasteiger charge is -2.38. The maximum absolute atomic E-state index is 12.3. The van der Waals surface area contributed by atoms with Crippen molar-refractivity contribution >= 4 is 21.7 Å². The zero-order chi connectivity index (χ0) is 16.7. The first-order chi connectivity index (χ1) is 11.6. The fourth-order valence-corrected chi connectivity index (χ4v) is 3.69. The van der Waals surface area contributed by atoms with Crippen LogP contribution >= 0.6 is 0 Å². The van der Waals surface area contributed by atoms with Crippen LogP contribution in [0.1, 0.15) is 19.4 Å². The maximum Gasteiger partial charge on any atom is 0.256 e. The summed E-state index contributed by atoms with van der Waals surface area (Å²) in [5, 5.41) is 2.85. The van der Waals surface area contributed by atoms with E-state index in [1.54, 1.807) is 0 Å². The number of fused-ring (bicyclic) bond motifs is 3. The van der Waals surface area contributed by atoms with E-state index in [0.717, 1.165) is 41.4 Å². The van der Waals surface area contributed by atoms with Crippen molar-refractivity contribution in [2.45, 2.75) is 32.5 Å². The molecular formula is C20H22N2O2. The monoisotopic (exact) mass is 322 g/mol. The molecule has 4 rings (SSSR count). The van der Waals surface area contributed by atoms with Crippen LogP contribution in [0.4, 0.5) is 0 Å². The van der Waals surface area contributed by atoms with Gasteiger partial charge in [0.25, 0.3) is 5.56 Å². The first-order valence-electron chi connectivity index (χ1n) is 8.50. The van der Waals surface area contributed by atoms with E-state index in [1.807, 2.05) is 24.3 Å². The Morgan fingerprint density at radius 1 is 1.04 bits per heavy atom. The Bertz CT molecular complexity index is 937. The summed E-state index contributed by atoms with van der Waals surface area (Å²) < 4.78 is 5.61. The summed E-state index contributed by atoms with van der Waals surface area (Å²) in [7, 11) is 0. The lowest BCUT2D eigenvalue weighted by molar-refractivity contribution is -0.0409. The van der Waals surface area contributed by atoms with Gasteiger partial charge in [0.05, 0.1) is 13.2 Å². The fraction of sp³-hybridized carbons (Fsp3) is 0.350. The Balaban J connectivity index is 1.76. The Morgan fingerprint density at radius 3 is 2.50 bits per heavy atom. The van der Waals surface area contributed by atoms with Gasteiger partial charge < -0.3 is 9.72 Å². The highest BCUT2D eigenvalue weighted by molar-refractivity contribution is 6.05. The summed E-state index contributed by atoms with van der Waals surface area (Å²) in [5.41, 5.74) is 2.10. The molecule has 0 unspecified atom stereocenters. The van der Waals surface area contributed by atoms with Crippen LogP contribution < -0.4 is 5.56 Å². The van der Waals surface area contributed by atoms with E-state index in [0.29, 0.717) is 12.1 Å². The number of aromatic nitrogens is 1. The minimum atomic E-state index is -0.0247. The largest absolute Gasteiger partial charge is 0.378 e. The molecule has 1 N–H and O–H groups in total. The second kappa shape index (κ2) is 6.04. The van der Waals surface area contributed by atoms with Crippen molar-refractivity contribution in [2.75, 3.05) is 13.2 Å². The molecule has 0 amide bonds. The number of aromatic amines is 1. The third-order valence-electron chi connectivity index (χ3n) is 5.01. The minimum Gasteiger partial charge on any atom is -0.378 e. The molecule has 2 aromatic carbocycles. The van der Waals surface area contributed by atoms with Crippen molar-refractivity contribution in [1.29, 1.82) is 0 Å². The van der Waals surface area contributed by atoms with Gasteiger partial charge in [-0.15, -0.1) is 0 Å². The van der Waals surface area contributed by atoms with Crippen molar-refractivity contribution in [1.82, 2.24) is 9.88 Å². The topological polar surface area (TPSA) is 45.3 Å². The second-order valence-electron chi connectivity index (χ2n) is 6.79. The van der Waals surface area contributed by atoms with Crippen LogP contribution in [-0.2, 0) is 11.3 Å². The lowest BCUT2D eigenvalue weighted by atomic mass is 10.0. The number of H-pyrrole nitrogens is 1. The molecule has 24 heavy (non-hydrogen) atoms. The van der Waals surface area contributed by atoms with Crippen molar-refractivity contribution in [3.8, 4) is 0 Å². The fourth-order valence-electron chi connectivity index (χ4n) is 3.69. The molecule has 124 valence electrons. The van der Waals surface area contributed by atoms with Crippen LogP contribution in [0, 0.1) is 0 Å². The highest BCUT2D eigenvalue weighted by Crippen LogP contribution is 2.24. The van der Waals surface area contributed by atoms with E-state index in [9.17, 15) is 4.79 Å². The molecule has 0 bridgehead atoms. The highest BCUT2D eigenvalue weighted by Gasteiger charge is 2.25. The van der Waals surface area contributed by atoms with Crippen LogP contribution in [0.3, 0.4) is 0 Å². The SMILES string of the molecule is C[C@H]1COC[C@H](C)N1Cc1ccc2c(c1)[nH]c(=O)c1ccccc12. The quantitative estimate of drug-likeness (QED) is 0.736. The van der Waals surface area contributed by atoms with Crippen LogP contribution in [0.5, 0.6) is 0 Å². The number of morpholine rings is 1. The third-order valence-corrected chi connectivity index (χ3v) is 5.01. The van der Waals surface area contributed by atoms with E-state index in [1.165, 1.54) is 5.56 Å². The second-order valence-corrected chi connectivity index (χ2v) is 6.79. The van der Waals surface area contributed by atoms with Gasteiger partial charge in [0.1, 0.15) is 0 Å². The number of hydrogen-bond donors (Lipinski definition) is 1. The van der Waals surface area contributed by atoms with E-state index in [2.05, 4.69) is 41.9 Å². The van der Waals surface area contributed by atoms with Crippen LogP contribution in [0.15, 0.2) is 47.3 Å². The van der Waals surface area contributed by atoms with Crippen molar-refractivity contribution < 1.29 is 4.74 Å². The minimum absolute atomic E-state index is 0.0247. The number of rotatable bonds is 2. The Kier molecular flexibility index (Phi) is 3.87. The van der Waals surface area contributed by atoms with Gasteiger partial charge in [0, 0.05) is 34.9 Å². The molecule has 0 spiro atoms. The van der Waals surface area contributed by atoms with Gasteiger partial charge in [0.2, 0.25) is 0 Å². The average molecular weight is 322 g/mol. The molecule has 0 radical (unpaired) electrons. The van der Waals surface area contributed by atoms with E-state index < -0.39 is 0 Å². The average Bonchev–Trinajstić information content (AvgIpc) is 2.58. The molecule has 2 atom stereocenters. The van der Waals surface area contributed by atoms with Gasteiger partial charge in [-0.3, -0.25) is 9.69 Å². The summed E-state index contributed by atoms with van der Waals surface area (Å²) in [6, 6.07) is 15.0. The molecule has 1 aromatic heterocycles. The lowest BCUT2D eigenvalue weighted by Crippen LogP contribution is -2.48. The van der Waals surface area contributed by atoms with Crippen molar-refractivity contribution in [3.05, 3.63) is 58.4 Å². The summed E-state index contributed by atoms with van der Waals surface area (Å²) in [5.74, 6) is 0. The Morgan fingerprint density at radius 2 is 1.75 bits per heavy atom. The van der Waals surface area contributed by atoms with Gasteiger partial charge in [-0.05, 0) is 36.9 Å². The smallest absolute Gasteiger partial charge is 0.256 e. The number of nitrogens with one attached hydrogen (secondary N) is 1. The molecule has 4 nitrogen and oxygen atoms in total. The number of nitrogens with zero attached hydrogens (tertiary/aromatic N) is 1. The van der Waals surface area contributed by atoms with Gasteiger partial charge in [0.15, 0.2) is 0 Å². The molecule has 1 saturated heterocycles. The van der Waals surface area contributed by atoms with Crippen LogP contribution in [0.2, 0.25) is 0 Å². The van der Waals surface area contributed by atoms with Gasteiger partial charge in [-0.2, -0.15) is 0 Å². The van der Waals surface area contributed by atoms with E-state index in [4.69, 9.17) is 4.74 Å². The normalized spacial score (nSPS) is 22.2. The maximum atomic E-state index is 12.3. The standard InChI is InChI=1S/C20H22N2O2/c1-13-11-24-12-14(2)22(13)10-15-7-8-17-16-5-3-4-6-18(16)20(23)21-19(17)9-15/h3-9,13-14H,10-12H2,1-2H3,(H,21,23)/t13-,14-/m0/s1. The molecule has 2 heterocycles. The van der Waals surface area contributed by atoms with Crippen LogP contribution in [0.25, 0.3) is 21.7 Å². The zero-order valence-electron chi connectivity index (χ0n) is 14.1. The summed E-state index contributed by atoms with van der Waals surface area (Å²) >= 11 is 0. The Hall–Kier alpha value is -2.17. The van der Waals surface area contributed by atoms with Crippen molar-refractivity contribution in [2.24, 2.45) is 0 Å². The van der Waals surface area contributed by atoms with Crippen LogP contribution in [-0.4, -0.2) is 35.2 Å². The molecular weight excluding hydrogens is 300 g/mol. The zero-order valence-corrected chi connectivity index (χ0v) is 14.1. The molecule has 3 aromatic rings. The molecule has 4 heteroatoms. The van der Waals surface area contributed by atoms with E-state index >= 15 is 0 Å².